The summed E-state index contributed by atoms with van der Waals surface area (Å²) in [5.74, 6) is -1.21. The Kier molecular flexibility index (Phi) is 4.01. The lowest BCUT2D eigenvalue weighted by Crippen LogP contribution is -2.43. The lowest BCUT2D eigenvalue weighted by molar-refractivity contribution is -0.145. The van der Waals surface area contributed by atoms with Gasteiger partial charge in [0.2, 0.25) is 12.0 Å². The molecule has 0 spiro atoms. The normalized spacial score (nSPS) is 27.2. The van der Waals surface area contributed by atoms with Gasteiger partial charge in [0.05, 0.1) is 5.02 Å². The monoisotopic (exact) mass is 366 g/mol. The first-order valence-corrected chi connectivity index (χ1v) is 8.89. The van der Waals surface area contributed by atoms with Crippen molar-refractivity contribution in [3.63, 3.8) is 0 Å². The molecule has 2 aliphatic heterocycles. The molecule has 1 aliphatic carbocycles. The third-order valence-electron chi connectivity index (χ3n) is 4.99. The van der Waals surface area contributed by atoms with Gasteiger partial charge in [0.15, 0.2) is 0 Å². The summed E-state index contributed by atoms with van der Waals surface area (Å²) in [5.41, 5.74) is 0.999. The summed E-state index contributed by atoms with van der Waals surface area (Å²) in [5, 5.41) is 4.87. The van der Waals surface area contributed by atoms with Crippen LogP contribution in [-0.2, 0) is 14.4 Å². The molecule has 7 heteroatoms. The van der Waals surface area contributed by atoms with E-state index in [1.54, 1.807) is 18.2 Å². The molecule has 5 nitrogen and oxygen atoms in total. The highest BCUT2D eigenvalue weighted by atomic mass is 35.5. The highest BCUT2D eigenvalue weighted by Gasteiger charge is 2.57. The smallest absolute Gasteiger partial charge is 0.274 e. The molecular weight excluding hydrogens is 351 g/mol. The molecule has 2 amide bonds. The number of fused-ring (bicyclic) bond motifs is 1. The number of halogens is 2. The first-order chi connectivity index (χ1) is 11.6. The zero-order valence-electron chi connectivity index (χ0n) is 12.9. The zero-order chi connectivity index (χ0) is 16.8. The van der Waals surface area contributed by atoms with Gasteiger partial charge in [-0.05, 0) is 25.0 Å². The van der Waals surface area contributed by atoms with Gasteiger partial charge in [0, 0.05) is 16.6 Å². The summed E-state index contributed by atoms with van der Waals surface area (Å²) in [4.78, 5) is 32.3. The van der Waals surface area contributed by atoms with Crippen LogP contribution >= 0.6 is 23.2 Å². The predicted molar refractivity (Wildman–Crippen MR) is 90.1 cm³/mol. The van der Waals surface area contributed by atoms with Gasteiger partial charge in [-0.15, -0.1) is 0 Å². The number of amides is 2. The van der Waals surface area contributed by atoms with Crippen molar-refractivity contribution in [1.82, 2.24) is 4.90 Å². The van der Waals surface area contributed by atoms with Gasteiger partial charge in [-0.2, -0.15) is 0 Å². The second-order valence-corrected chi connectivity index (χ2v) is 7.29. The molecule has 1 aromatic carbocycles. The third kappa shape index (κ3) is 2.42. The minimum Gasteiger partial charge on any atom is -0.381 e. The van der Waals surface area contributed by atoms with Gasteiger partial charge in [-0.1, -0.05) is 53.7 Å². The minimum absolute atomic E-state index is 0.0186. The second-order valence-electron chi connectivity index (χ2n) is 6.44. The summed E-state index contributed by atoms with van der Waals surface area (Å²) in [6.45, 7) is 0. The first-order valence-electron chi connectivity index (χ1n) is 8.14. The highest BCUT2D eigenvalue weighted by Crippen LogP contribution is 2.37. The van der Waals surface area contributed by atoms with Crippen molar-refractivity contribution in [3.8, 4) is 0 Å². The molecule has 1 aromatic rings. The van der Waals surface area contributed by atoms with Gasteiger partial charge in [-0.25, -0.2) is 0 Å². The molecule has 0 radical (unpaired) electrons. The quantitative estimate of drug-likeness (QED) is 0.753. The fourth-order valence-electron chi connectivity index (χ4n) is 3.82. The molecule has 2 heterocycles. The summed E-state index contributed by atoms with van der Waals surface area (Å²) in [7, 11) is 0. The van der Waals surface area contributed by atoms with Crippen molar-refractivity contribution >= 4 is 40.7 Å². The molecule has 0 bridgehead atoms. The molecule has 2 fully saturated rings. The molecular formula is C17H16Cl2N2O3. The fourth-order valence-corrected chi connectivity index (χ4v) is 4.32. The van der Waals surface area contributed by atoms with Crippen LogP contribution in [0.15, 0.2) is 23.4 Å². The lowest BCUT2D eigenvalue weighted by atomic mass is 9.93. The number of benzene rings is 1. The van der Waals surface area contributed by atoms with Crippen LogP contribution in [0.4, 0.5) is 0 Å². The SMILES string of the molecule is O=C1C2ON=C(c3ccc(Cl)cc3Cl)C2C(=O)N1C1CCCCC1. The second kappa shape index (κ2) is 6.05. The molecule has 1 saturated heterocycles. The summed E-state index contributed by atoms with van der Waals surface area (Å²) >= 11 is 12.2. The van der Waals surface area contributed by atoms with Gasteiger partial charge in [0.25, 0.3) is 5.91 Å². The van der Waals surface area contributed by atoms with E-state index in [4.69, 9.17) is 28.0 Å². The number of oxime groups is 1. The molecule has 24 heavy (non-hydrogen) atoms. The number of hydrogen-bond donors (Lipinski definition) is 0. The Labute approximate surface area is 149 Å². The Morgan fingerprint density at radius 2 is 1.83 bits per heavy atom. The number of nitrogens with zero attached hydrogens (tertiary/aromatic N) is 2. The molecule has 3 aliphatic rings. The summed E-state index contributed by atoms with van der Waals surface area (Å²) in [6.07, 6.45) is 4.12. The number of hydrogen-bond acceptors (Lipinski definition) is 4. The number of likely N-dealkylation sites (tertiary alicyclic amines) is 1. The lowest BCUT2D eigenvalue weighted by Gasteiger charge is -2.29. The average molecular weight is 367 g/mol. The van der Waals surface area contributed by atoms with E-state index in [0.29, 0.717) is 21.3 Å². The highest BCUT2D eigenvalue weighted by molar-refractivity contribution is 6.38. The number of imide groups is 1. The van der Waals surface area contributed by atoms with E-state index in [-0.39, 0.29) is 17.9 Å². The third-order valence-corrected chi connectivity index (χ3v) is 5.54. The van der Waals surface area contributed by atoms with E-state index in [0.717, 1.165) is 32.1 Å². The Balaban J connectivity index is 1.65. The molecule has 2 unspecified atom stereocenters. The van der Waals surface area contributed by atoms with E-state index in [2.05, 4.69) is 5.16 Å². The van der Waals surface area contributed by atoms with Crippen LogP contribution in [0.2, 0.25) is 10.0 Å². The number of carbonyl (C=O) groups excluding carboxylic acids is 2. The molecule has 2 atom stereocenters. The van der Waals surface area contributed by atoms with Crippen molar-refractivity contribution in [2.24, 2.45) is 11.1 Å². The van der Waals surface area contributed by atoms with Gasteiger partial charge < -0.3 is 4.84 Å². The zero-order valence-corrected chi connectivity index (χ0v) is 14.4. The van der Waals surface area contributed by atoms with Crippen LogP contribution in [0.25, 0.3) is 0 Å². The van der Waals surface area contributed by atoms with Crippen LogP contribution in [-0.4, -0.2) is 34.6 Å². The van der Waals surface area contributed by atoms with Gasteiger partial charge in [0.1, 0.15) is 11.6 Å². The number of rotatable bonds is 2. The minimum atomic E-state index is -0.860. The molecule has 1 saturated carbocycles. The molecule has 0 N–H and O–H groups in total. The number of carbonyl (C=O) groups is 2. The van der Waals surface area contributed by atoms with Crippen molar-refractivity contribution in [2.45, 2.75) is 44.2 Å². The van der Waals surface area contributed by atoms with E-state index in [1.165, 1.54) is 4.90 Å². The van der Waals surface area contributed by atoms with Gasteiger partial charge >= 0.3 is 0 Å². The van der Waals surface area contributed by atoms with Crippen molar-refractivity contribution in [2.75, 3.05) is 0 Å². The topological polar surface area (TPSA) is 59.0 Å². The van der Waals surface area contributed by atoms with Crippen molar-refractivity contribution < 1.29 is 14.4 Å². The van der Waals surface area contributed by atoms with Crippen LogP contribution in [0.5, 0.6) is 0 Å². The van der Waals surface area contributed by atoms with Gasteiger partial charge in [-0.3, -0.25) is 14.5 Å². The van der Waals surface area contributed by atoms with Crippen molar-refractivity contribution in [3.05, 3.63) is 33.8 Å². The summed E-state index contributed by atoms with van der Waals surface area (Å²) < 4.78 is 0. The van der Waals surface area contributed by atoms with Crippen LogP contribution in [0.1, 0.15) is 37.7 Å². The molecule has 0 aromatic heterocycles. The first kappa shape index (κ1) is 15.9. The van der Waals surface area contributed by atoms with E-state index < -0.39 is 12.0 Å². The predicted octanol–water partition coefficient (Wildman–Crippen LogP) is 3.41. The largest absolute Gasteiger partial charge is 0.381 e. The maximum absolute atomic E-state index is 12.9. The summed E-state index contributed by atoms with van der Waals surface area (Å²) in [6, 6.07) is 4.96. The Hall–Kier alpha value is -1.59. The molecule has 126 valence electrons. The molecule has 4 rings (SSSR count). The van der Waals surface area contributed by atoms with E-state index >= 15 is 0 Å². The standard InChI is InChI=1S/C17H16Cl2N2O3/c18-9-6-7-11(12(19)8-9)14-13-15(24-20-14)17(23)21(16(13)22)10-4-2-1-3-5-10/h6-8,10,13,15H,1-5H2. The maximum Gasteiger partial charge on any atom is 0.274 e. The fraction of sp³-hybridized carbons (Fsp3) is 0.471. The Morgan fingerprint density at radius 3 is 2.54 bits per heavy atom. The van der Waals surface area contributed by atoms with Crippen LogP contribution in [0.3, 0.4) is 0 Å². The van der Waals surface area contributed by atoms with E-state index in [9.17, 15) is 9.59 Å². The average Bonchev–Trinajstić information content (AvgIpc) is 3.09. The van der Waals surface area contributed by atoms with Crippen LogP contribution < -0.4 is 0 Å². The maximum atomic E-state index is 12.9. The Morgan fingerprint density at radius 1 is 1.08 bits per heavy atom. The van der Waals surface area contributed by atoms with E-state index in [1.807, 2.05) is 0 Å². The van der Waals surface area contributed by atoms with Crippen LogP contribution in [0, 0.1) is 5.92 Å². The van der Waals surface area contributed by atoms with Crippen molar-refractivity contribution in [1.29, 1.82) is 0 Å². The Bertz CT molecular complexity index is 743.